The van der Waals surface area contributed by atoms with E-state index in [-0.39, 0.29) is 6.61 Å². The molecule has 0 saturated heterocycles. The lowest BCUT2D eigenvalue weighted by Crippen LogP contribution is -1.99. The second kappa shape index (κ2) is 6.26. The highest BCUT2D eigenvalue weighted by atomic mass is 16.2. The molecular formula is C15H20N2O. The summed E-state index contributed by atoms with van der Waals surface area (Å²) in [4.78, 5) is 0. The van der Waals surface area contributed by atoms with Gasteiger partial charge in [-0.05, 0) is 42.7 Å². The third-order valence-electron chi connectivity index (χ3n) is 3.03. The Morgan fingerprint density at radius 1 is 1.11 bits per heavy atom. The van der Waals surface area contributed by atoms with Gasteiger partial charge < -0.3 is 15.0 Å². The zero-order valence-corrected chi connectivity index (χ0v) is 10.8. The summed E-state index contributed by atoms with van der Waals surface area (Å²) in [6.07, 6.45) is 4.98. The second-order valence-electron chi connectivity index (χ2n) is 4.37. The number of hydrogen-bond acceptors (Lipinski definition) is 2. The van der Waals surface area contributed by atoms with Crippen LogP contribution in [0.25, 0.3) is 0 Å². The maximum absolute atomic E-state index is 8.85. The maximum Gasteiger partial charge on any atom is 0.0471 e. The minimum absolute atomic E-state index is 0.206. The Balaban J connectivity index is 1.89. The maximum atomic E-state index is 8.85. The minimum atomic E-state index is 0.206. The third-order valence-corrected chi connectivity index (χ3v) is 3.03. The minimum Gasteiger partial charge on any atom is -0.396 e. The lowest BCUT2D eigenvalue weighted by atomic mass is 10.1. The van der Waals surface area contributed by atoms with Crippen LogP contribution in [0.15, 0.2) is 42.7 Å². The molecule has 3 heteroatoms. The molecule has 2 rings (SSSR count). The Kier molecular flexibility index (Phi) is 4.42. The lowest BCUT2D eigenvalue weighted by Gasteiger charge is -2.06. The number of rotatable bonds is 6. The Bertz CT molecular complexity index is 473. The first-order valence-electron chi connectivity index (χ1n) is 6.40. The van der Waals surface area contributed by atoms with Crippen molar-refractivity contribution in [1.82, 2.24) is 4.57 Å². The van der Waals surface area contributed by atoms with E-state index >= 15 is 0 Å². The van der Waals surface area contributed by atoms with Crippen molar-refractivity contribution in [3.05, 3.63) is 53.9 Å². The van der Waals surface area contributed by atoms with Gasteiger partial charge in [0.25, 0.3) is 0 Å². The quantitative estimate of drug-likeness (QED) is 0.819. The smallest absolute Gasteiger partial charge is 0.0471 e. The van der Waals surface area contributed by atoms with E-state index in [0.717, 1.165) is 25.2 Å². The van der Waals surface area contributed by atoms with Crippen molar-refractivity contribution in [2.75, 3.05) is 11.9 Å². The molecule has 0 atom stereocenters. The van der Waals surface area contributed by atoms with E-state index < -0.39 is 0 Å². The predicted molar refractivity (Wildman–Crippen MR) is 74.7 cm³/mol. The second-order valence-corrected chi connectivity index (χ2v) is 4.37. The summed E-state index contributed by atoms with van der Waals surface area (Å²) >= 11 is 0. The van der Waals surface area contributed by atoms with Crippen LogP contribution < -0.4 is 5.32 Å². The Hall–Kier alpha value is -1.74. The fourth-order valence-corrected chi connectivity index (χ4v) is 1.91. The topological polar surface area (TPSA) is 37.2 Å². The molecule has 1 aromatic carbocycles. The van der Waals surface area contributed by atoms with Crippen LogP contribution in [0, 0.1) is 0 Å². The normalized spacial score (nSPS) is 10.6. The average Bonchev–Trinajstić information content (AvgIpc) is 2.86. The Morgan fingerprint density at radius 3 is 2.50 bits per heavy atom. The molecule has 0 fully saturated rings. The van der Waals surface area contributed by atoms with E-state index in [4.69, 9.17) is 5.11 Å². The zero-order chi connectivity index (χ0) is 12.8. The van der Waals surface area contributed by atoms with E-state index in [1.54, 1.807) is 0 Å². The molecule has 96 valence electrons. The average molecular weight is 244 g/mol. The van der Waals surface area contributed by atoms with Gasteiger partial charge in [-0.1, -0.05) is 12.1 Å². The fourth-order valence-electron chi connectivity index (χ4n) is 1.91. The van der Waals surface area contributed by atoms with E-state index in [9.17, 15) is 0 Å². The van der Waals surface area contributed by atoms with Crippen molar-refractivity contribution in [3.8, 4) is 0 Å². The first-order chi connectivity index (χ1) is 8.81. The predicted octanol–water partition coefficient (Wildman–Crippen LogP) is 2.65. The van der Waals surface area contributed by atoms with Gasteiger partial charge in [0.05, 0.1) is 0 Å². The summed E-state index contributed by atoms with van der Waals surface area (Å²) in [6, 6.07) is 10.4. The largest absolute Gasteiger partial charge is 0.396 e. The number of hydrogen-bond donors (Lipinski definition) is 2. The summed E-state index contributed by atoms with van der Waals surface area (Å²) < 4.78 is 2.17. The molecule has 1 aromatic heterocycles. The first kappa shape index (κ1) is 12.7. The van der Waals surface area contributed by atoms with E-state index in [1.807, 2.05) is 0 Å². The number of benzene rings is 1. The fraction of sp³-hybridized carbons (Fsp3) is 0.333. The number of anilines is 1. The SMILES string of the molecule is CCn1ccc(CNc2ccc(CCO)cc2)c1. The van der Waals surface area contributed by atoms with Crippen molar-refractivity contribution in [3.63, 3.8) is 0 Å². The number of aromatic nitrogens is 1. The molecule has 0 aliphatic carbocycles. The Morgan fingerprint density at radius 2 is 1.89 bits per heavy atom. The Labute approximate surface area is 108 Å². The van der Waals surface area contributed by atoms with Gasteiger partial charge in [0.2, 0.25) is 0 Å². The monoisotopic (exact) mass is 244 g/mol. The highest BCUT2D eigenvalue weighted by Gasteiger charge is 1.97. The third kappa shape index (κ3) is 3.37. The molecule has 0 radical (unpaired) electrons. The van der Waals surface area contributed by atoms with Crippen LogP contribution >= 0.6 is 0 Å². The number of aliphatic hydroxyl groups excluding tert-OH is 1. The summed E-state index contributed by atoms with van der Waals surface area (Å²) in [5.41, 5.74) is 3.57. The molecule has 0 saturated carbocycles. The van der Waals surface area contributed by atoms with Crippen LogP contribution in [0.4, 0.5) is 5.69 Å². The van der Waals surface area contributed by atoms with E-state index in [2.05, 4.69) is 59.5 Å². The molecule has 0 amide bonds. The van der Waals surface area contributed by atoms with Crippen LogP contribution in [0.3, 0.4) is 0 Å². The van der Waals surface area contributed by atoms with Crippen molar-refractivity contribution in [2.24, 2.45) is 0 Å². The van der Waals surface area contributed by atoms with Crippen molar-refractivity contribution < 1.29 is 5.11 Å². The standard InChI is InChI=1S/C15H20N2O/c1-2-17-9-7-14(12-17)11-16-15-5-3-13(4-6-15)8-10-18/h3-7,9,12,16,18H,2,8,10-11H2,1H3. The van der Waals surface area contributed by atoms with Gasteiger partial charge in [-0.15, -0.1) is 0 Å². The number of aryl methyl sites for hydroxylation is 1. The molecule has 18 heavy (non-hydrogen) atoms. The molecule has 0 aliphatic rings. The van der Waals surface area contributed by atoms with Gasteiger partial charge in [0.1, 0.15) is 0 Å². The summed E-state index contributed by atoms with van der Waals surface area (Å²) in [7, 11) is 0. The summed E-state index contributed by atoms with van der Waals surface area (Å²) in [5.74, 6) is 0. The van der Waals surface area contributed by atoms with Gasteiger partial charge in [0, 0.05) is 37.8 Å². The molecule has 0 aliphatic heterocycles. The van der Waals surface area contributed by atoms with Crippen molar-refractivity contribution in [2.45, 2.75) is 26.4 Å². The molecule has 2 aromatic rings. The molecular weight excluding hydrogens is 224 g/mol. The first-order valence-corrected chi connectivity index (χ1v) is 6.40. The van der Waals surface area contributed by atoms with Crippen LogP contribution in [0.5, 0.6) is 0 Å². The lowest BCUT2D eigenvalue weighted by molar-refractivity contribution is 0.299. The highest BCUT2D eigenvalue weighted by Crippen LogP contribution is 2.12. The van der Waals surface area contributed by atoms with Crippen molar-refractivity contribution >= 4 is 5.69 Å². The van der Waals surface area contributed by atoms with Gasteiger partial charge in [-0.2, -0.15) is 0 Å². The molecule has 0 unspecified atom stereocenters. The van der Waals surface area contributed by atoms with Crippen LogP contribution in [-0.4, -0.2) is 16.3 Å². The molecule has 1 heterocycles. The van der Waals surface area contributed by atoms with Crippen molar-refractivity contribution in [1.29, 1.82) is 0 Å². The van der Waals surface area contributed by atoms with Gasteiger partial charge in [-0.3, -0.25) is 0 Å². The number of nitrogens with zero attached hydrogens (tertiary/aromatic N) is 1. The molecule has 2 N–H and O–H groups in total. The van der Waals surface area contributed by atoms with Crippen LogP contribution in [0.1, 0.15) is 18.1 Å². The van der Waals surface area contributed by atoms with Gasteiger partial charge >= 0.3 is 0 Å². The van der Waals surface area contributed by atoms with Gasteiger partial charge in [0.15, 0.2) is 0 Å². The number of nitrogens with one attached hydrogen (secondary N) is 1. The van der Waals surface area contributed by atoms with E-state index in [1.165, 1.54) is 11.1 Å². The number of aliphatic hydroxyl groups is 1. The molecule has 3 nitrogen and oxygen atoms in total. The summed E-state index contributed by atoms with van der Waals surface area (Å²) in [5, 5.41) is 12.2. The molecule has 0 bridgehead atoms. The zero-order valence-electron chi connectivity index (χ0n) is 10.8. The molecule has 0 spiro atoms. The van der Waals surface area contributed by atoms with Crippen LogP contribution in [-0.2, 0) is 19.5 Å². The summed E-state index contributed by atoms with van der Waals surface area (Å²) in [6.45, 7) is 4.19. The van der Waals surface area contributed by atoms with Crippen LogP contribution in [0.2, 0.25) is 0 Å². The van der Waals surface area contributed by atoms with E-state index in [0.29, 0.717) is 0 Å². The highest BCUT2D eigenvalue weighted by molar-refractivity contribution is 5.45. The van der Waals surface area contributed by atoms with Gasteiger partial charge in [-0.25, -0.2) is 0 Å².